The molecule has 1 N–H and O–H groups in total. The summed E-state index contributed by atoms with van der Waals surface area (Å²) < 4.78 is 10.3. The number of hydrogen-bond donors (Lipinski definition) is 1. The summed E-state index contributed by atoms with van der Waals surface area (Å²) in [5.74, 6) is 2.55. The van der Waals surface area contributed by atoms with Gasteiger partial charge in [-0.25, -0.2) is 0 Å². The van der Waals surface area contributed by atoms with Crippen LogP contribution in [0.4, 0.5) is 0 Å². The Bertz CT molecular complexity index is 888. The van der Waals surface area contributed by atoms with Crippen molar-refractivity contribution in [1.29, 1.82) is 0 Å². The molecule has 30 heavy (non-hydrogen) atoms. The van der Waals surface area contributed by atoms with E-state index in [0.29, 0.717) is 12.2 Å². The quantitative estimate of drug-likeness (QED) is 0.704. The molecule has 4 aliphatic carbocycles. The Kier molecular flexibility index (Phi) is 5.05. The van der Waals surface area contributed by atoms with Gasteiger partial charge in [-0.1, -0.05) is 35.5 Å². The van der Waals surface area contributed by atoms with Crippen molar-refractivity contribution in [2.75, 3.05) is 6.54 Å². The zero-order valence-corrected chi connectivity index (χ0v) is 17.0. The molecule has 0 radical (unpaired) electrons. The van der Waals surface area contributed by atoms with E-state index in [0.717, 1.165) is 23.3 Å². The van der Waals surface area contributed by atoms with Crippen LogP contribution in [0.25, 0.3) is 11.4 Å². The van der Waals surface area contributed by atoms with Gasteiger partial charge in [-0.15, -0.1) is 0 Å². The summed E-state index contributed by atoms with van der Waals surface area (Å²) in [6.07, 6.45) is 8.14. The molecule has 1 aromatic heterocycles. The Morgan fingerprint density at radius 1 is 1.07 bits per heavy atom. The van der Waals surface area contributed by atoms with Crippen LogP contribution in [0.15, 0.2) is 34.9 Å². The van der Waals surface area contributed by atoms with Gasteiger partial charge in [0, 0.05) is 12.0 Å². The SMILES string of the molecule is O=C(CC12CC3CC(CC(C3)C1)C2)NCC(=O)OCc1nc(-c2ccccc2)no1. The van der Waals surface area contributed by atoms with Gasteiger partial charge < -0.3 is 14.6 Å². The normalized spacial score (nSPS) is 29.0. The Balaban J connectivity index is 1.07. The molecule has 0 aliphatic heterocycles. The molecule has 2 aromatic rings. The second kappa shape index (κ2) is 7.85. The van der Waals surface area contributed by atoms with Crippen molar-refractivity contribution in [3.8, 4) is 11.4 Å². The van der Waals surface area contributed by atoms with E-state index in [9.17, 15) is 9.59 Å². The van der Waals surface area contributed by atoms with Crippen molar-refractivity contribution in [3.63, 3.8) is 0 Å². The zero-order valence-electron chi connectivity index (χ0n) is 17.0. The first kappa shape index (κ1) is 19.3. The van der Waals surface area contributed by atoms with Gasteiger partial charge in [0.05, 0.1) is 0 Å². The van der Waals surface area contributed by atoms with Crippen molar-refractivity contribution < 1.29 is 18.8 Å². The van der Waals surface area contributed by atoms with Gasteiger partial charge in [-0.05, 0) is 61.7 Å². The largest absolute Gasteiger partial charge is 0.454 e. The van der Waals surface area contributed by atoms with E-state index in [1.165, 1.54) is 38.5 Å². The minimum Gasteiger partial charge on any atom is -0.454 e. The fourth-order valence-corrected chi connectivity index (χ4v) is 6.29. The molecule has 158 valence electrons. The third-order valence-corrected chi connectivity index (χ3v) is 6.99. The van der Waals surface area contributed by atoms with Gasteiger partial charge >= 0.3 is 5.97 Å². The summed E-state index contributed by atoms with van der Waals surface area (Å²) in [5.41, 5.74) is 0.996. The van der Waals surface area contributed by atoms with Crippen LogP contribution in [0.2, 0.25) is 0 Å². The molecule has 6 rings (SSSR count). The highest BCUT2D eigenvalue weighted by Crippen LogP contribution is 2.61. The van der Waals surface area contributed by atoms with E-state index in [1.54, 1.807) is 0 Å². The van der Waals surface area contributed by atoms with Crippen LogP contribution < -0.4 is 5.32 Å². The first-order valence-electron chi connectivity index (χ1n) is 10.9. The third kappa shape index (κ3) is 4.11. The number of amides is 1. The van der Waals surface area contributed by atoms with Gasteiger partial charge in [-0.3, -0.25) is 9.59 Å². The summed E-state index contributed by atoms with van der Waals surface area (Å²) in [4.78, 5) is 28.8. The lowest BCUT2D eigenvalue weighted by atomic mass is 9.49. The molecule has 1 aromatic carbocycles. The van der Waals surface area contributed by atoms with Gasteiger partial charge in [0.1, 0.15) is 6.54 Å². The van der Waals surface area contributed by atoms with Gasteiger partial charge in [0.25, 0.3) is 5.89 Å². The number of nitrogens with zero attached hydrogens (tertiary/aromatic N) is 2. The Hall–Kier alpha value is -2.70. The Labute approximate surface area is 175 Å². The summed E-state index contributed by atoms with van der Waals surface area (Å²) >= 11 is 0. The van der Waals surface area contributed by atoms with E-state index >= 15 is 0 Å². The molecular formula is C23H27N3O4. The maximum Gasteiger partial charge on any atom is 0.325 e. The number of hydrogen-bond acceptors (Lipinski definition) is 6. The molecule has 4 saturated carbocycles. The molecule has 0 spiro atoms. The lowest BCUT2D eigenvalue weighted by Crippen LogP contribution is -2.48. The topological polar surface area (TPSA) is 94.3 Å². The van der Waals surface area contributed by atoms with Crippen molar-refractivity contribution in [2.24, 2.45) is 23.2 Å². The van der Waals surface area contributed by atoms with Crippen molar-refractivity contribution >= 4 is 11.9 Å². The molecule has 7 heteroatoms. The van der Waals surface area contributed by atoms with Crippen molar-refractivity contribution in [1.82, 2.24) is 15.5 Å². The van der Waals surface area contributed by atoms with Crippen molar-refractivity contribution in [2.45, 2.75) is 51.6 Å². The van der Waals surface area contributed by atoms with Crippen LogP contribution in [0.5, 0.6) is 0 Å². The van der Waals surface area contributed by atoms with E-state index < -0.39 is 5.97 Å². The fourth-order valence-electron chi connectivity index (χ4n) is 6.29. The predicted octanol–water partition coefficient (Wildman–Crippen LogP) is 3.50. The molecule has 1 amide bonds. The summed E-state index contributed by atoms with van der Waals surface area (Å²) in [5, 5.41) is 6.64. The fraction of sp³-hybridized carbons (Fsp3) is 0.565. The van der Waals surface area contributed by atoms with Crippen LogP contribution in [-0.4, -0.2) is 28.6 Å². The molecule has 1 heterocycles. The average Bonchev–Trinajstić information content (AvgIpc) is 3.19. The van der Waals surface area contributed by atoms with Gasteiger partial charge in [0.15, 0.2) is 6.61 Å². The first-order chi connectivity index (χ1) is 14.6. The van der Waals surface area contributed by atoms with Gasteiger partial charge in [0.2, 0.25) is 11.7 Å². The molecule has 7 nitrogen and oxygen atoms in total. The number of benzene rings is 1. The van der Waals surface area contributed by atoms with E-state index in [2.05, 4.69) is 15.5 Å². The molecule has 0 atom stereocenters. The van der Waals surface area contributed by atoms with E-state index in [4.69, 9.17) is 9.26 Å². The second-order valence-corrected chi connectivity index (χ2v) is 9.41. The smallest absolute Gasteiger partial charge is 0.325 e. The number of ether oxygens (including phenoxy) is 1. The minimum absolute atomic E-state index is 0.0435. The van der Waals surface area contributed by atoms with E-state index in [-0.39, 0.29) is 30.4 Å². The number of rotatable bonds is 7. The number of carbonyl (C=O) groups is 2. The molecule has 4 bridgehead atoms. The van der Waals surface area contributed by atoms with E-state index in [1.807, 2.05) is 30.3 Å². The number of nitrogens with one attached hydrogen (secondary N) is 1. The summed E-state index contributed by atoms with van der Waals surface area (Å²) in [6, 6.07) is 9.43. The van der Waals surface area contributed by atoms with Crippen LogP contribution in [0, 0.1) is 23.2 Å². The maximum absolute atomic E-state index is 12.5. The van der Waals surface area contributed by atoms with Crippen LogP contribution in [0.3, 0.4) is 0 Å². The van der Waals surface area contributed by atoms with Crippen LogP contribution in [-0.2, 0) is 20.9 Å². The number of aromatic nitrogens is 2. The monoisotopic (exact) mass is 409 g/mol. The lowest BCUT2D eigenvalue weighted by Gasteiger charge is -2.56. The summed E-state index contributed by atoms with van der Waals surface area (Å²) in [7, 11) is 0. The van der Waals surface area contributed by atoms with Gasteiger partial charge in [-0.2, -0.15) is 4.98 Å². The average molecular weight is 409 g/mol. The molecule has 0 unspecified atom stereocenters. The predicted molar refractivity (Wildman–Crippen MR) is 108 cm³/mol. The highest BCUT2D eigenvalue weighted by molar-refractivity contribution is 5.82. The highest BCUT2D eigenvalue weighted by atomic mass is 16.6. The molecule has 4 fully saturated rings. The standard InChI is InChI=1S/C23H27N3O4/c27-19(12-23-9-15-6-16(10-23)8-17(7-15)11-23)24-13-21(28)29-14-20-25-22(26-30-20)18-4-2-1-3-5-18/h1-5,15-17H,6-14H2,(H,24,27). The third-order valence-electron chi connectivity index (χ3n) is 6.99. The second-order valence-electron chi connectivity index (χ2n) is 9.41. The number of esters is 1. The molecule has 0 saturated heterocycles. The van der Waals surface area contributed by atoms with Crippen LogP contribution in [0.1, 0.15) is 50.8 Å². The Morgan fingerprint density at radius 3 is 2.40 bits per heavy atom. The highest BCUT2D eigenvalue weighted by Gasteiger charge is 2.51. The summed E-state index contributed by atoms with van der Waals surface area (Å²) in [6.45, 7) is -0.242. The van der Waals surface area contributed by atoms with Crippen LogP contribution >= 0.6 is 0 Å². The lowest BCUT2D eigenvalue weighted by molar-refractivity contribution is -0.146. The Morgan fingerprint density at radius 2 is 1.73 bits per heavy atom. The molecule has 4 aliphatic rings. The zero-order chi connectivity index (χ0) is 20.6. The molecular weight excluding hydrogens is 382 g/mol. The minimum atomic E-state index is -0.506. The first-order valence-corrected chi connectivity index (χ1v) is 10.9. The maximum atomic E-state index is 12.5. The number of carbonyl (C=O) groups excluding carboxylic acids is 2. The van der Waals surface area contributed by atoms with Crippen molar-refractivity contribution in [3.05, 3.63) is 36.2 Å².